The third-order valence-electron chi connectivity index (χ3n) is 4.21. The summed E-state index contributed by atoms with van der Waals surface area (Å²) in [6.45, 7) is 0. The van der Waals surface area contributed by atoms with Crippen LogP contribution in [0.15, 0.2) is 99.6 Å². The summed E-state index contributed by atoms with van der Waals surface area (Å²) in [7, 11) is 0. The van der Waals surface area contributed by atoms with E-state index in [-0.39, 0.29) is 0 Å². The first-order valence-electron chi connectivity index (χ1n) is 8.76. The molecule has 2 heterocycles. The molecule has 0 unspecified atom stereocenters. The largest absolute Gasteiger partial charge is 0.411 e. The second-order valence-electron chi connectivity index (χ2n) is 6.08. The zero-order valence-electron chi connectivity index (χ0n) is 14.7. The third kappa shape index (κ3) is 3.25. The van der Waals surface area contributed by atoms with Crippen LogP contribution in [-0.2, 0) is 0 Å². The zero-order valence-corrected chi connectivity index (χ0v) is 15.5. The molecular formula is C22H14N4OS. The molecule has 0 atom stereocenters. The van der Waals surface area contributed by atoms with E-state index in [9.17, 15) is 0 Å². The predicted octanol–water partition coefficient (Wildman–Crippen LogP) is 5.50. The van der Waals surface area contributed by atoms with Crippen molar-refractivity contribution in [2.24, 2.45) is 0 Å². The van der Waals surface area contributed by atoms with Crippen LogP contribution in [0.3, 0.4) is 0 Å². The molecule has 0 bridgehead atoms. The Morgan fingerprint density at radius 1 is 0.643 bits per heavy atom. The summed E-state index contributed by atoms with van der Waals surface area (Å²) in [5.74, 6) is 1.16. The molecule has 0 radical (unpaired) electrons. The molecule has 5 aromatic rings. The van der Waals surface area contributed by atoms with Crippen molar-refractivity contribution < 1.29 is 4.42 Å². The lowest BCUT2D eigenvalue weighted by atomic mass is 10.2. The number of para-hydroxylation sites is 1. The van der Waals surface area contributed by atoms with Crippen molar-refractivity contribution in [3.05, 3.63) is 84.9 Å². The first-order chi connectivity index (χ1) is 13.9. The van der Waals surface area contributed by atoms with Crippen LogP contribution in [0.25, 0.3) is 33.7 Å². The van der Waals surface area contributed by atoms with Crippen LogP contribution >= 0.6 is 11.8 Å². The minimum atomic E-state index is 0.446. The van der Waals surface area contributed by atoms with Crippen LogP contribution in [0.5, 0.6) is 0 Å². The summed E-state index contributed by atoms with van der Waals surface area (Å²) >= 11 is 1.35. The number of rotatable bonds is 4. The van der Waals surface area contributed by atoms with Crippen LogP contribution < -0.4 is 0 Å². The van der Waals surface area contributed by atoms with Gasteiger partial charge in [-0.05, 0) is 30.0 Å². The van der Waals surface area contributed by atoms with Gasteiger partial charge in [-0.3, -0.25) is 0 Å². The molecule has 0 amide bonds. The van der Waals surface area contributed by atoms with Gasteiger partial charge in [0.2, 0.25) is 5.89 Å². The van der Waals surface area contributed by atoms with E-state index in [1.54, 1.807) is 0 Å². The normalized spacial score (nSPS) is 11.0. The molecule has 5 rings (SSSR count). The number of hydrogen-bond donors (Lipinski definition) is 0. The molecule has 0 aliphatic carbocycles. The molecule has 0 aliphatic rings. The highest BCUT2D eigenvalue weighted by atomic mass is 32.2. The summed E-state index contributed by atoms with van der Waals surface area (Å²) < 4.78 is 5.85. The Balaban J connectivity index is 1.56. The molecule has 0 aliphatic heterocycles. The fourth-order valence-corrected chi connectivity index (χ4v) is 3.66. The molecule has 0 saturated carbocycles. The summed E-state index contributed by atoms with van der Waals surface area (Å²) in [4.78, 5) is 9.48. The smallest absolute Gasteiger partial charge is 0.283 e. The van der Waals surface area contributed by atoms with Crippen LogP contribution in [0.1, 0.15) is 0 Å². The quantitative estimate of drug-likeness (QED) is 0.383. The molecule has 0 fully saturated rings. The Kier molecular flexibility index (Phi) is 4.31. The first-order valence-corrected chi connectivity index (χ1v) is 9.57. The first kappa shape index (κ1) is 16.6. The van der Waals surface area contributed by atoms with E-state index < -0.39 is 0 Å². The summed E-state index contributed by atoms with van der Waals surface area (Å²) in [5, 5.41) is 10.5. The van der Waals surface area contributed by atoms with E-state index >= 15 is 0 Å². The van der Waals surface area contributed by atoms with E-state index in [0.717, 1.165) is 27.1 Å². The molecule has 3 aromatic carbocycles. The Morgan fingerprint density at radius 2 is 1.32 bits per heavy atom. The number of aromatic nitrogens is 4. The summed E-state index contributed by atoms with van der Waals surface area (Å²) in [6.07, 6.45) is 0. The lowest BCUT2D eigenvalue weighted by molar-refractivity contribution is 0.465. The number of nitrogens with zero attached hydrogens (tertiary/aromatic N) is 4. The van der Waals surface area contributed by atoms with Crippen molar-refractivity contribution in [3.8, 4) is 22.8 Å². The molecule has 134 valence electrons. The monoisotopic (exact) mass is 382 g/mol. The number of benzene rings is 3. The summed E-state index contributed by atoms with van der Waals surface area (Å²) in [5.41, 5.74) is 2.73. The lowest BCUT2D eigenvalue weighted by Gasteiger charge is -2.07. The van der Waals surface area contributed by atoms with Gasteiger partial charge in [0.1, 0.15) is 5.03 Å². The van der Waals surface area contributed by atoms with Gasteiger partial charge in [0, 0.05) is 16.5 Å². The van der Waals surface area contributed by atoms with Gasteiger partial charge in [-0.15, -0.1) is 10.2 Å². The van der Waals surface area contributed by atoms with Crippen molar-refractivity contribution in [3.63, 3.8) is 0 Å². The molecule has 28 heavy (non-hydrogen) atoms. The SMILES string of the molecule is c1ccc(-c2nc(Sc3nnc(-c4ccccc4)o3)c3ccccc3n2)cc1. The lowest BCUT2D eigenvalue weighted by Crippen LogP contribution is -1.93. The van der Waals surface area contributed by atoms with Gasteiger partial charge >= 0.3 is 0 Å². The fourth-order valence-electron chi connectivity index (χ4n) is 2.87. The molecule has 5 nitrogen and oxygen atoms in total. The van der Waals surface area contributed by atoms with E-state index in [1.165, 1.54) is 11.8 Å². The highest BCUT2D eigenvalue weighted by Gasteiger charge is 2.15. The molecule has 6 heteroatoms. The van der Waals surface area contributed by atoms with Gasteiger partial charge in [0.15, 0.2) is 5.82 Å². The van der Waals surface area contributed by atoms with Crippen LogP contribution in [0.2, 0.25) is 0 Å². The average molecular weight is 382 g/mol. The Morgan fingerprint density at radius 3 is 2.11 bits per heavy atom. The second kappa shape index (κ2) is 7.25. The van der Waals surface area contributed by atoms with Gasteiger partial charge in [-0.25, -0.2) is 9.97 Å². The van der Waals surface area contributed by atoms with Gasteiger partial charge < -0.3 is 4.42 Å². The Labute approximate surface area is 165 Å². The van der Waals surface area contributed by atoms with Gasteiger partial charge in [-0.1, -0.05) is 66.7 Å². The second-order valence-corrected chi connectivity index (χ2v) is 7.02. The van der Waals surface area contributed by atoms with Crippen molar-refractivity contribution in [2.45, 2.75) is 10.2 Å². The molecule has 0 N–H and O–H groups in total. The van der Waals surface area contributed by atoms with E-state index in [2.05, 4.69) is 10.2 Å². The molecule has 2 aromatic heterocycles. The van der Waals surface area contributed by atoms with Crippen molar-refractivity contribution >= 4 is 22.7 Å². The maximum absolute atomic E-state index is 5.85. The standard InChI is InChI=1S/C22H14N4OS/c1-3-9-15(10-4-1)19-23-18-14-8-7-13-17(18)21(24-19)28-22-26-25-20(27-22)16-11-5-2-6-12-16/h1-14H. The van der Waals surface area contributed by atoms with Crippen LogP contribution in [0.4, 0.5) is 0 Å². The minimum Gasteiger partial charge on any atom is -0.411 e. The highest BCUT2D eigenvalue weighted by Crippen LogP contribution is 2.33. The predicted molar refractivity (Wildman–Crippen MR) is 109 cm³/mol. The Hall–Kier alpha value is -3.51. The van der Waals surface area contributed by atoms with Gasteiger partial charge in [0.25, 0.3) is 5.22 Å². The molecule has 0 spiro atoms. The highest BCUT2D eigenvalue weighted by molar-refractivity contribution is 7.99. The number of fused-ring (bicyclic) bond motifs is 1. The fraction of sp³-hybridized carbons (Fsp3) is 0. The maximum Gasteiger partial charge on any atom is 0.283 e. The third-order valence-corrected chi connectivity index (χ3v) is 5.06. The van der Waals surface area contributed by atoms with E-state index in [0.29, 0.717) is 16.9 Å². The Bertz CT molecular complexity index is 1240. The van der Waals surface area contributed by atoms with E-state index in [4.69, 9.17) is 14.4 Å². The topological polar surface area (TPSA) is 64.7 Å². The van der Waals surface area contributed by atoms with Crippen molar-refractivity contribution in [1.29, 1.82) is 0 Å². The van der Waals surface area contributed by atoms with Gasteiger partial charge in [0.05, 0.1) is 5.52 Å². The van der Waals surface area contributed by atoms with E-state index in [1.807, 2.05) is 84.9 Å². The minimum absolute atomic E-state index is 0.446. The van der Waals surface area contributed by atoms with Crippen LogP contribution in [-0.4, -0.2) is 20.2 Å². The van der Waals surface area contributed by atoms with Crippen molar-refractivity contribution in [1.82, 2.24) is 20.2 Å². The maximum atomic E-state index is 5.85. The van der Waals surface area contributed by atoms with Crippen molar-refractivity contribution in [2.75, 3.05) is 0 Å². The molecular weight excluding hydrogens is 368 g/mol. The zero-order chi connectivity index (χ0) is 18.8. The number of hydrogen-bond acceptors (Lipinski definition) is 6. The summed E-state index contributed by atoms with van der Waals surface area (Å²) in [6, 6.07) is 27.6. The average Bonchev–Trinajstić information content (AvgIpc) is 3.23. The van der Waals surface area contributed by atoms with Crippen LogP contribution in [0, 0.1) is 0 Å². The van der Waals surface area contributed by atoms with Gasteiger partial charge in [-0.2, -0.15) is 0 Å². The molecule has 0 saturated heterocycles.